The van der Waals surface area contributed by atoms with Crippen molar-refractivity contribution in [3.05, 3.63) is 40.9 Å². The van der Waals surface area contributed by atoms with Gasteiger partial charge in [0.2, 0.25) is 0 Å². The smallest absolute Gasteiger partial charge is 0.120 e. The lowest BCUT2D eigenvalue weighted by Crippen LogP contribution is -2.15. The molecule has 0 aromatic heterocycles. The molecule has 0 aliphatic heterocycles. The second-order valence-electron chi connectivity index (χ2n) is 4.55. The molecule has 0 spiro atoms. The Bertz CT molecular complexity index is 399. The summed E-state index contributed by atoms with van der Waals surface area (Å²) < 4.78 is 5.64. The van der Waals surface area contributed by atoms with E-state index in [9.17, 15) is 0 Å². The fourth-order valence-corrected chi connectivity index (χ4v) is 1.59. The molecule has 17 heavy (non-hydrogen) atoms. The average Bonchev–Trinajstić information content (AvgIpc) is 3.18. The zero-order chi connectivity index (χ0) is 12.1. The summed E-state index contributed by atoms with van der Waals surface area (Å²) >= 11 is 5.59. The van der Waals surface area contributed by atoms with Crippen LogP contribution < -0.4 is 10.1 Å². The van der Waals surface area contributed by atoms with E-state index in [-0.39, 0.29) is 0 Å². The van der Waals surface area contributed by atoms with Gasteiger partial charge in [-0.05, 0) is 43.0 Å². The summed E-state index contributed by atoms with van der Waals surface area (Å²) in [6, 6.07) is 8.94. The van der Waals surface area contributed by atoms with Crippen LogP contribution in [0.25, 0.3) is 0 Å². The van der Waals surface area contributed by atoms with Crippen LogP contribution >= 0.6 is 11.6 Å². The second kappa shape index (κ2) is 6.08. The van der Waals surface area contributed by atoms with Crippen LogP contribution in [0.2, 0.25) is 0 Å². The Labute approximate surface area is 108 Å². The predicted octanol–water partition coefficient (Wildman–Crippen LogP) is 3.46. The van der Waals surface area contributed by atoms with Crippen molar-refractivity contribution in [2.75, 3.05) is 6.61 Å². The molecular weight excluding hydrogens is 234 g/mol. The zero-order valence-corrected chi connectivity index (χ0v) is 10.8. The molecule has 0 bridgehead atoms. The molecule has 2 rings (SSSR count). The first-order valence-corrected chi connectivity index (χ1v) is 6.42. The monoisotopic (exact) mass is 251 g/mol. The Kier molecular flexibility index (Phi) is 4.46. The highest BCUT2D eigenvalue weighted by Crippen LogP contribution is 2.20. The third-order valence-electron chi connectivity index (χ3n) is 2.72. The Hall–Kier alpha value is -0.990. The minimum atomic E-state index is 0.545. The summed E-state index contributed by atoms with van der Waals surface area (Å²) in [6.45, 7) is 3.42. The van der Waals surface area contributed by atoms with E-state index in [1.54, 1.807) is 5.54 Å². The van der Waals surface area contributed by atoms with Crippen molar-refractivity contribution >= 4 is 11.6 Å². The third-order valence-corrected chi connectivity index (χ3v) is 3.10. The summed E-state index contributed by atoms with van der Waals surface area (Å²) in [5.74, 6) is 0.901. The van der Waals surface area contributed by atoms with Gasteiger partial charge in [-0.3, -0.25) is 0 Å². The van der Waals surface area contributed by atoms with Gasteiger partial charge in [-0.2, -0.15) is 0 Å². The minimum absolute atomic E-state index is 0.545. The van der Waals surface area contributed by atoms with Gasteiger partial charge in [0, 0.05) is 18.1 Å². The van der Waals surface area contributed by atoms with E-state index < -0.39 is 0 Å². The molecule has 2 nitrogen and oxygen atoms in total. The molecule has 0 amide bonds. The van der Waals surface area contributed by atoms with Gasteiger partial charge in [-0.1, -0.05) is 23.7 Å². The topological polar surface area (TPSA) is 21.3 Å². The van der Waals surface area contributed by atoms with Crippen molar-refractivity contribution in [3.8, 4) is 5.75 Å². The lowest BCUT2D eigenvalue weighted by Gasteiger charge is -2.08. The molecule has 1 aromatic rings. The summed E-state index contributed by atoms with van der Waals surface area (Å²) in [4.78, 5) is 0. The highest BCUT2D eigenvalue weighted by atomic mass is 35.5. The largest absolute Gasteiger partial charge is 0.489 e. The standard InChI is InChI=1S/C14H18ClNO/c1-11(8-15)10-17-14-4-2-3-12(7-14)9-16-13-5-6-13/h2-4,7-8,13,16H,5-6,9-10H2,1H3/b11-8-. The van der Waals surface area contributed by atoms with E-state index in [0.29, 0.717) is 6.61 Å². The first kappa shape index (κ1) is 12.5. The number of benzene rings is 1. The summed E-state index contributed by atoms with van der Waals surface area (Å²) in [5, 5.41) is 3.49. The fraction of sp³-hybridized carbons (Fsp3) is 0.429. The molecule has 92 valence electrons. The van der Waals surface area contributed by atoms with Gasteiger partial charge in [0.1, 0.15) is 12.4 Å². The minimum Gasteiger partial charge on any atom is -0.489 e. The van der Waals surface area contributed by atoms with Crippen molar-refractivity contribution in [1.29, 1.82) is 0 Å². The highest BCUT2D eigenvalue weighted by molar-refractivity contribution is 6.25. The van der Waals surface area contributed by atoms with E-state index in [1.807, 2.05) is 19.1 Å². The van der Waals surface area contributed by atoms with Crippen molar-refractivity contribution < 1.29 is 4.74 Å². The summed E-state index contributed by atoms with van der Waals surface area (Å²) in [6.07, 6.45) is 2.63. The molecule has 0 unspecified atom stereocenters. The highest BCUT2D eigenvalue weighted by Gasteiger charge is 2.19. The van der Waals surface area contributed by atoms with Crippen molar-refractivity contribution in [1.82, 2.24) is 5.32 Å². The Morgan fingerprint density at radius 3 is 3.06 bits per heavy atom. The quantitative estimate of drug-likeness (QED) is 0.836. The van der Waals surface area contributed by atoms with Gasteiger partial charge in [-0.15, -0.1) is 0 Å². The molecule has 1 N–H and O–H groups in total. The molecule has 1 saturated carbocycles. The zero-order valence-electron chi connectivity index (χ0n) is 10.1. The van der Waals surface area contributed by atoms with E-state index in [4.69, 9.17) is 16.3 Å². The van der Waals surface area contributed by atoms with E-state index >= 15 is 0 Å². The Balaban J connectivity index is 1.86. The van der Waals surface area contributed by atoms with Gasteiger partial charge in [0.05, 0.1) is 0 Å². The van der Waals surface area contributed by atoms with Gasteiger partial charge in [0.25, 0.3) is 0 Å². The molecule has 0 radical (unpaired) electrons. The number of rotatable bonds is 6. The van der Waals surface area contributed by atoms with Crippen molar-refractivity contribution in [2.45, 2.75) is 32.4 Å². The number of nitrogens with one attached hydrogen (secondary N) is 1. The number of hydrogen-bond donors (Lipinski definition) is 1. The van der Waals surface area contributed by atoms with E-state index in [2.05, 4.69) is 17.4 Å². The maximum Gasteiger partial charge on any atom is 0.120 e. The first-order valence-electron chi connectivity index (χ1n) is 5.99. The van der Waals surface area contributed by atoms with Crippen LogP contribution in [0, 0.1) is 0 Å². The first-order chi connectivity index (χ1) is 8.28. The van der Waals surface area contributed by atoms with Gasteiger partial charge in [0.15, 0.2) is 0 Å². The third kappa shape index (κ3) is 4.41. The van der Waals surface area contributed by atoms with E-state index in [1.165, 1.54) is 18.4 Å². The van der Waals surface area contributed by atoms with Crippen LogP contribution in [-0.4, -0.2) is 12.6 Å². The van der Waals surface area contributed by atoms with Gasteiger partial charge in [-0.25, -0.2) is 0 Å². The second-order valence-corrected chi connectivity index (χ2v) is 4.76. The molecule has 1 aromatic carbocycles. The van der Waals surface area contributed by atoms with Gasteiger partial charge >= 0.3 is 0 Å². The molecule has 0 saturated heterocycles. The lowest BCUT2D eigenvalue weighted by molar-refractivity contribution is 0.352. The fourth-order valence-electron chi connectivity index (χ4n) is 1.52. The molecule has 1 aliphatic rings. The molecule has 0 heterocycles. The maximum absolute atomic E-state index is 5.64. The molecule has 1 aliphatic carbocycles. The summed E-state index contributed by atoms with van der Waals surface area (Å²) in [7, 11) is 0. The Morgan fingerprint density at radius 1 is 1.53 bits per heavy atom. The average molecular weight is 252 g/mol. The van der Waals surface area contributed by atoms with Crippen LogP contribution in [0.4, 0.5) is 0 Å². The summed E-state index contributed by atoms with van der Waals surface area (Å²) in [5.41, 5.74) is 3.84. The predicted molar refractivity (Wildman–Crippen MR) is 71.4 cm³/mol. The normalized spacial score (nSPS) is 16.0. The maximum atomic E-state index is 5.64. The van der Waals surface area contributed by atoms with Crippen LogP contribution in [-0.2, 0) is 6.54 Å². The Morgan fingerprint density at radius 2 is 2.35 bits per heavy atom. The number of halogens is 1. The molecular formula is C14H18ClNO. The number of hydrogen-bond acceptors (Lipinski definition) is 2. The van der Waals surface area contributed by atoms with Crippen LogP contribution in [0.1, 0.15) is 25.3 Å². The SMILES string of the molecule is C/C(=C/Cl)COc1cccc(CNC2CC2)c1. The van der Waals surface area contributed by atoms with E-state index in [0.717, 1.165) is 23.9 Å². The molecule has 0 atom stereocenters. The van der Waals surface area contributed by atoms with Gasteiger partial charge < -0.3 is 10.1 Å². The van der Waals surface area contributed by atoms with Crippen LogP contribution in [0.15, 0.2) is 35.4 Å². The van der Waals surface area contributed by atoms with Crippen LogP contribution in [0.3, 0.4) is 0 Å². The van der Waals surface area contributed by atoms with Crippen molar-refractivity contribution in [3.63, 3.8) is 0 Å². The molecule has 3 heteroatoms. The number of ether oxygens (including phenoxy) is 1. The molecule has 1 fully saturated rings. The van der Waals surface area contributed by atoms with Crippen molar-refractivity contribution in [2.24, 2.45) is 0 Å². The van der Waals surface area contributed by atoms with Crippen LogP contribution in [0.5, 0.6) is 5.75 Å². The lowest BCUT2D eigenvalue weighted by atomic mass is 10.2.